The van der Waals surface area contributed by atoms with Crippen LogP contribution >= 0.6 is 12.2 Å². The van der Waals surface area contributed by atoms with Crippen molar-refractivity contribution in [2.75, 3.05) is 27.4 Å². The molecule has 7 nitrogen and oxygen atoms in total. The van der Waals surface area contributed by atoms with E-state index >= 15 is 0 Å². The molecule has 8 heteroatoms. The first kappa shape index (κ1) is 21.9. The first-order valence-electron chi connectivity index (χ1n) is 11.0. The van der Waals surface area contributed by atoms with Gasteiger partial charge in [-0.1, -0.05) is 12.8 Å². The molecule has 2 N–H and O–H groups in total. The minimum Gasteiger partial charge on any atom is -0.493 e. The van der Waals surface area contributed by atoms with E-state index in [9.17, 15) is 4.79 Å². The van der Waals surface area contributed by atoms with Crippen molar-refractivity contribution in [1.29, 1.82) is 0 Å². The molecule has 1 aromatic heterocycles. The minimum absolute atomic E-state index is 0.107. The van der Waals surface area contributed by atoms with Gasteiger partial charge in [0.2, 0.25) is 0 Å². The second-order valence-corrected chi connectivity index (χ2v) is 8.69. The van der Waals surface area contributed by atoms with Crippen LogP contribution in [0.15, 0.2) is 23.0 Å². The molecule has 1 aliphatic carbocycles. The van der Waals surface area contributed by atoms with E-state index in [4.69, 9.17) is 26.4 Å². The van der Waals surface area contributed by atoms with E-state index in [1.807, 2.05) is 12.1 Å². The molecule has 2 heterocycles. The lowest BCUT2D eigenvalue weighted by molar-refractivity contribution is 0.113. The number of methoxy groups -OCH3 is 2. The highest BCUT2D eigenvalue weighted by atomic mass is 32.1. The number of hydrogen-bond acceptors (Lipinski definition) is 5. The number of hydrogen-bond donors (Lipinski definition) is 2. The summed E-state index contributed by atoms with van der Waals surface area (Å²) in [5.41, 5.74) is 1.30. The maximum absolute atomic E-state index is 12.9. The molecule has 2 fully saturated rings. The molecule has 2 aromatic rings. The molecule has 1 saturated carbocycles. The zero-order chi connectivity index (χ0) is 21.8. The van der Waals surface area contributed by atoms with Crippen molar-refractivity contribution in [2.24, 2.45) is 0 Å². The second-order valence-electron chi connectivity index (χ2n) is 8.31. The van der Waals surface area contributed by atoms with Gasteiger partial charge in [0.1, 0.15) is 0 Å². The van der Waals surface area contributed by atoms with Crippen molar-refractivity contribution < 1.29 is 14.2 Å². The van der Waals surface area contributed by atoms with Crippen LogP contribution in [-0.4, -0.2) is 54.5 Å². The molecule has 0 bridgehead atoms. The van der Waals surface area contributed by atoms with Gasteiger partial charge in [0.15, 0.2) is 16.6 Å². The fourth-order valence-electron chi connectivity index (χ4n) is 4.57. The Morgan fingerprint density at radius 3 is 2.58 bits per heavy atom. The van der Waals surface area contributed by atoms with Gasteiger partial charge < -0.3 is 29.4 Å². The predicted molar refractivity (Wildman–Crippen MR) is 125 cm³/mol. The first-order valence-corrected chi connectivity index (χ1v) is 11.4. The van der Waals surface area contributed by atoms with Crippen LogP contribution in [0.3, 0.4) is 0 Å². The number of aromatic amines is 1. The Morgan fingerprint density at radius 1 is 1.16 bits per heavy atom. The lowest BCUT2D eigenvalue weighted by atomic mass is 10.1. The van der Waals surface area contributed by atoms with Crippen molar-refractivity contribution in [3.05, 3.63) is 34.1 Å². The van der Waals surface area contributed by atoms with Crippen LogP contribution in [0.2, 0.25) is 0 Å². The van der Waals surface area contributed by atoms with E-state index in [0.717, 1.165) is 43.2 Å². The summed E-state index contributed by atoms with van der Waals surface area (Å²) >= 11 is 5.77. The zero-order valence-electron chi connectivity index (χ0n) is 18.2. The number of aromatic nitrogens is 1. The molecule has 1 aliphatic heterocycles. The maximum atomic E-state index is 12.9. The van der Waals surface area contributed by atoms with Crippen molar-refractivity contribution in [3.63, 3.8) is 0 Å². The molecular weight excluding hydrogens is 414 g/mol. The van der Waals surface area contributed by atoms with Crippen molar-refractivity contribution >= 4 is 28.2 Å². The summed E-state index contributed by atoms with van der Waals surface area (Å²) in [6, 6.07) is 5.97. The van der Waals surface area contributed by atoms with Gasteiger partial charge in [0, 0.05) is 36.2 Å². The Kier molecular flexibility index (Phi) is 6.97. The fraction of sp³-hybridized carbons (Fsp3) is 0.565. The summed E-state index contributed by atoms with van der Waals surface area (Å²) in [4.78, 5) is 18.1. The highest BCUT2D eigenvalue weighted by Crippen LogP contribution is 2.31. The van der Waals surface area contributed by atoms with Gasteiger partial charge in [-0.15, -0.1) is 0 Å². The van der Waals surface area contributed by atoms with Crippen LogP contribution in [0.25, 0.3) is 10.9 Å². The molecule has 0 radical (unpaired) electrons. The second kappa shape index (κ2) is 9.87. The minimum atomic E-state index is -0.107. The Morgan fingerprint density at radius 2 is 1.90 bits per heavy atom. The monoisotopic (exact) mass is 445 g/mol. The molecular formula is C23H31N3O4S. The van der Waals surface area contributed by atoms with E-state index in [1.54, 1.807) is 20.3 Å². The summed E-state index contributed by atoms with van der Waals surface area (Å²) in [7, 11) is 3.19. The molecule has 1 unspecified atom stereocenters. The maximum Gasteiger partial charge on any atom is 0.253 e. The summed E-state index contributed by atoms with van der Waals surface area (Å²) in [6.45, 7) is 2.01. The van der Waals surface area contributed by atoms with Crippen LogP contribution in [0.1, 0.15) is 44.1 Å². The molecule has 1 aromatic carbocycles. The van der Waals surface area contributed by atoms with Gasteiger partial charge >= 0.3 is 0 Å². The van der Waals surface area contributed by atoms with Gasteiger partial charge in [-0.2, -0.15) is 0 Å². The third kappa shape index (κ3) is 4.96. The summed E-state index contributed by atoms with van der Waals surface area (Å²) in [6.07, 6.45) is 6.97. The van der Waals surface area contributed by atoms with Crippen LogP contribution in [0.4, 0.5) is 0 Å². The number of fused-ring (bicyclic) bond motifs is 1. The molecule has 2 aliphatic rings. The van der Waals surface area contributed by atoms with Crippen LogP contribution < -0.4 is 20.3 Å². The topological polar surface area (TPSA) is 75.8 Å². The lowest BCUT2D eigenvalue weighted by Gasteiger charge is -2.32. The van der Waals surface area contributed by atoms with Crippen molar-refractivity contribution in [2.45, 2.75) is 57.2 Å². The highest BCUT2D eigenvalue weighted by molar-refractivity contribution is 7.80. The number of rotatable bonds is 7. The number of ether oxygens (including phenoxy) is 3. The summed E-state index contributed by atoms with van der Waals surface area (Å²) in [5.74, 6) is 1.22. The van der Waals surface area contributed by atoms with Gasteiger partial charge in [-0.05, 0) is 50.0 Å². The van der Waals surface area contributed by atoms with Crippen LogP contribution in [0.5, 0.6) is 11.5 Å². The number of nitrogens with zero attached hydrogens (tertiary/aromatic N) is 1. The fourth-order valence-corrected chi connectivity index (χ4v) is 4.87. The van der Waals surface area contributed by atoms with E-state index in [-0.39, 0.29) is 11.7 Å². The highest BCUT2D eigenvalue weighted by Gasteiger charge is 2.26. The SMILES string of the molecule is COc1cc2cc(CN(C(=S)NCC3CCCO3)C3CCCC3)c(=O)[nH]c2cc1OC. The van der Waals surface area contributed by atoms with E-state index < -0.39 is 0 Å². The third-order valence-electron chi connectivity index (χ3n) is 6.30. The van der Waals surface area contributed by atoms with E-state index in [2.05, 4.69) is 15.2 Å². The number of pyridine rings is 1. The molecule has 1 saturated heterocycles. The predicted octanol–water partition coefficient (Wildman–Crippen LogP) is 3.34. The molecule has 31 heavy (non-hydrogen) atoms. The molecule has 0 spiro atoms. The number of benzene rings is 1. The lowest BCUT2D eigenvalue weighted by Crippen LogP contribution is -2.47. The van der Waals surface area contributed by atoms with E-state index in [1.165, 1.54) is 12.8 Å². The molecule has 168 valence electrons. The Labute approximate surface area is 188 Å². The van der Waals surface area contributed by atoms with Gasteiger partial charge in [-0.3, -0.25) is 4.79 Å². The van der Waals surface area contributed by atoms with E-state index in [0.29, 0.717) is 41.3 Å². The average Bonchev–Trinajstić information content (AvgIpc) is 3.49. The summed E-state index contributed by atoms with van der Waals surface area (Å²) in [5, 5.41) is 5.00. The Balaban J connectivity index is 1.58. The quantitative estimate of drug-likeness (QED) is 0.633. The number of thiocarbonyl (C=S) groups is 1. The zero-order valence-corrected chi connectivity index (χ0v) is 19.1. The molecule has 1 atom stereocenters. The normalized spacial score (nSPS) is 19.0. The number of nitrogens with one attached hydrogen (secondary N) is 2. The smallest absolute Gasteiger partial charge is 0.253 e. The number of H-pyrrole nitrogens is 1. The Bertz CT molecular complexity index is 981. The first-order chi connectivity index (χ1) is 15.1. The Hall–Kier alpha value is -2.32. The summed E-state index contributed by atoms with van der Waals surface area (Å²) < 4.78 is 16.5. The van der Waals surface area contributed by atoms with Crippen molar-refractivity contribution in [3.8, 4) is 11.5 Å². The van der Waals surface area contributed by atoms with Crippen LogP contribution in [-0.2, 0) is 11.3 Å². The molecule has 0 amide bonds. The van der Waals surface area contributed by atoms with Crippen LogP contribution in [0, 0.1) is 0 Å². The van der Waals surface area contributed by atoms with Gasteiger partial charge in [0.05, 0.1) is 32.4 Å². The third-order valence-corrected chi connectivity index (χ3v) is 6.68. The standard InChI is InChI=1S/C23H31N3O4S/c1-28-20-11-15-10-16(22(27)25-19(15)12-21(20)29-2)14-26(17-6-3-4-7-17)23(31)24-13-18-8-5-9-30-18/h10-12,17-18H,3-9,13-14H2,1-2H3,(H,24,31)(H,25,27). The molecule has 4 rings (SSSR count). The average molecular weight is 446 g/mol. The largest absolute Gasteiger partial charge is 0.493 e. The van der Waals surface area contributed by atoms with Crippen molar-refractivity contribution in [1.82, 2.24) is 15.2 Å². The van der Waals surface area contributed by atoms with Gasteiger partial charge in [-0.25, -0.2) is 0 Å². The van der Waals surface area contributed by atoms with Gasteiger partial charge in [0.25, 0.3) is 5.56 Å².